The average Bonchev–Trinajstić information content (AvgIpc) is 2.83. The molecule has 0 aliphatic carbocycles. The first-order chi connectivity index (χ1) is 9.08. The van der Waals surface area contributed by atoms with Gasteiger partial charge in [-0.1, -0.05) is 18.2 Å². The summed E-state index contributed by atoms with van der Waals surface area (Å²) < 4.78 is 5.58. The van der Waals surface area contributed by atoms with Crippen molar-refractivity contribution in [2.45, 2.75) is 0 Å². The van der Waals surface area contributed by atoms with E-state index in [0.29, 0.717) is 10.4 Å². The molecule has 2 aromatic rings. The van der Waals surface area contributed by atoms with E-state index in [1.165, 1.54) is 6.07 Å². The van der Waals surface area contributed by atoms with Gasteiger partial charge in [-0.25, -0.2) is 0 Å². The maximum absolute atomic E-state index is 12.2. The number of rotatable bonds is 4. The van der Waals surface area contributed by atoms with Gasteiger partial charge in [0.25, 0.3) is 5.91 Å². The Kier molecular flexibility index (Phi) is 4.01. The van der Waals surface area contributed by atoms with Crippen molar-refractivity contribution in [3.05, 3.63) is 52.9 Å². The molecule has 1 heterocycles. The minimum atomic E-state index is -1.09. The van der Waals surface area contributed by atoms with E-state index in [2.05, 4.69) is 15.9 Å². The largest absolute Gasteiger partial charge is 0.480 e. The minimum absolute atomic E-state index is 0.0805. The monoisotopic (exact) mass is 323 g/mol. The van der Waals surface area contributed by atoms with Crippen LogP contribution in [-0.4, -0.2) is 23.5 Å². The molecule has 0 atom stereocenters. The van der Waals surface area contributed by atoms with E-state index in [-0.39, 0.29) is 5.76 Å². The summed E-state index contributed by atoms with van der Waals surface area (Å²) in [5.41, 5.74) is 0.502. The van der Waals surface area contributed by atoms with Gasteiger partial charge in [0.15, 0.2) is 10.4 Å². The summed E-state index contributed by atoms with van der Waals surface area (Å²) in [6.07, 6.45) is 0. The topological polar surface area (TPSA) is 70.8 Å². The molecule has 1 amide bonds. The Morgan fingerprint density at radius 2 is 1.84 bits per heavy atom. The van der Waals surface area contributed by atoms with Gasteiger partial charge in [-0.05, 0) is 40.2 Å². The molecule has 0 unspecified atom stereocenters. The Balaban J connectivity index is 2.33. The van der Waals surface area contributed by atoms with Crippen molar-refractivity contribution >= 4 is 33.5 Å². The third-order valence-corrected chi connectivity index (χ3v) is 2.82. The maximum atomic E-state index is 12.2. The van der Waals surface area contributed by atoms with E-state index in [0.717, 1.165) is 4.90 Å². The van der Waals surface area contributed by atoms with E-state index in [1.807, 2.05) is 0 Å². The highest BCUT2D eigenvalue weighted by atomic mass is 79.9. The number of furan rings is 1. The molecule has 0 bridgehead atoms. The quantitative estimate of drug-likeness (QED) is 0.939. The first kappa shape index (κ1) is 13.4. The van der Waals surface area contributed by atoms with E-state index >= 15 is 0 Å². The van der Waals surface area contributed by atoms with Crippen molar-refractivity contribution in [3.8, 4) is 0 Å². The normalized spacial score (nSPS) is 10.2. The maximum Gasteiger partial charge on any atom is 0.323 e. The molecule has 1 N–H and O–H groups in total. The zero-order valence-electron chi connectivity index (χ0n) is 9.75. The summed E-state index contributed by atoms with van der Waals surface area (Å²) >= 11 is 3.10. The lowest BCUT2D eigenvalue weighted by Gasteiger charge is -2.19. The van der Waals surface area contributed by atoms with Crippen LogP contribution in [0.5, 0.6) is 0 Å². The number of hydrogen-bond donors (Lipinski definition) is 1. The van der Waals surface area contributed by atoms with Crippen LogP contribution in [0, 0.1) is 0 Å². The highest BCUT2D eigenvalue weighted by Gasteiger charge is 2.22. The molecular weight excluding hydrogens is 314 g/mol. The number of para-hydroxylation sites is 1. The Bertz CT molecular complexity index is 594. The van der Waals surface area contributed by atoms with Crippen LogP contribution in [0.15, 0.2) is 51.6 Å². The molecule has 98 valence electrons. The van der Waals surface area contributed by atoms with Crippen molar-refractivity contribution in [2.75, 3.05) is 11.4 Å². The molecule has 0 saturated heterocycles. The number of anilines is 1. The summed E-state index contributed by atoms with van der Waals surface area (Å²) in [6.45, 7) is -0.429. The first-order valence-electron chi connectivity index (χ1n) is 5.42. The SMILES string of the molecule is O=C(O)CN(C(=O)c1ccc(Br)o1)c1ccccc1. The van der Waals surface area contributed by atoms with Gasteiger partial charge >= 0.3 is 5.97 Å². The van der Waals surface area contributed by atoms with Crippen LogP contribution in [0.25, 0.3) is 0 Å². The molecule has 19 heavy (non-hydrogen) atoms. The molecule has 0 fully saturated rings. The van der Waals surface area contributed by atoms with Gasteiger partial charge in [-0.3, -0.25) is 14.5 Å². The molecular formula is C13H10BrNO4. The Hall–Kier alpha value is -2.08. The van der Waals surface area contributed by atoms with Crippen LogP contribution < -0.4 is 4.90 Å². The predicted octanol–water partition coefficient (Wildman–Crippen LogP) is 2.77. The van der Waals surface area contributed by atoms with Crippen molar-refractivity contribution in [1.29, 1.82) is 0 Å². The van der Waals surface area contributed by atoms with Gasteiger partial charge in [0.2, 0.25) is 0 Å². The van der Waals surface area contributed by atoms with Gasteiger partial charge in [0.1, 0.15) is 6.54 Å². The second-order valence-electron chi connectivity index (χ2n) is 3.72. The fourth-order valence-corrected chi connectivity index (χ4v) is 1.89. The van der Waals surface area contributed by atoms with Gasteiger partial charge in [-0.2, -0.15) is 0 Å². The smallest absolute Gasteiger partial charge is 0.323 e. The lowest BCUT2D eigenvalue weighted by Crippen LogP contribution is -2.35. The van der Waals surface area contributed by atoms with Crippen molar-refractivity contribution in [3.63, 3.8) is 0 Å². The number of amides is 1. The third kappa shape index (κ3) is 3.23. The van der Waals surface area contributed by atoms with Crippen molar-refractivity contribution < 1.29 is 19.1 Å². The number of benzene rings is 1. The number of carbonyl (C=O) groups excluding carboxylic acids is 1. The van der Waals surface area contributed by atoms with Gasteiger partial charge in [0.05, 0.1) is 0 Å². The number of carboxylic acid groups (broad SMARTS) is 1. The van der Waals surface area contributed by atoms with Crippen LogP contribution in [0.2, 0.25) is 0 Å². The number of carbonyl (C=O) groups is 2. The molecule has 1 aromatic heterocycles. The van der Waals surface area contributed by atoms with Crippen molar-refractivity contribution in [2.24, 2.45) is 0 Å². The fourth-order valence-electron chi connectivity index (χ4n) is 1.59. The summed E-state index contributed by atoms with van der Waals surface area (Å²) in [6, 6.07) is 11.7. The van der Waals surface area contributed by atoms with Crippen LogP contribution >= 0.6 is 15.9 Å². The van der Waals surface area contributed by atoms with Crippen LogP contribution in [0.3, 0.4) is 0 Å². The van der Waals surface area contributed by atoms with Crippen LogP contribution in [0.1, 0.15) is 10.6 Å². The molecule has 0 spiro atoms. The lowest BCUT2D eigenvalue weighted by molar-refractivity contribution is -0.135. The van der Waals surface area contributed by atoms with Gasteiger partial charge in [-0.15, -0.1) is 0 Å². The Labute approximate surface area is 117 Å². The first-order valence-corrected chi connectivity index (χ1v) is 6.21. The molecule has 0 saturated carbocycles. The second kappa shape index (κ2) is 5.71. The van der Waals surface area contributed by atoms with Crippen molar-refractivity contribution in [1.82, 2.24) is 0 Å². The lowest BCUT2D eigenvalue weighted by atomic mass is 10.2. The second-order valence-corrected chi connectivity index (χ2v) is 4.51. The number of nitrogens with zero attached hydrogens (tertiary/aromatic N) is 1. The van der Waals surface area contributed by atoms with Crippen LogP contribution in [0.4, 0.5) is 5.69 Å². The molecule has 0 radical (unpaired) electrons. The van der Waals surface area contributed by atoms with E-state index in [1.54, 1.807) is 36.4 Å². The standard InChI is InChI=1S/C13H10BrNO4/c14-11-7-6-10(19-11)13(18)15(8-12(16)17)9-4-2-1-3-5-9/h1-7H,8H2,(H,16,17). The number of carboxylic acids is 1. The summed E-state index contributed by atoms with van der Waals surface area (Å²) in [5, 5.41) is 8.91. The number of hydrogen-bond acceptors (Lipinski definition) is 3. The highest BCUT2D eigenvalue weighted by molar-refractivity contribution is 9.10. The number of aliphatic carboxylic acids is 1. The Morgan fingerprint density at radius 3 is 2.37 bits per heavy atom. The molecule has 0 aliphatic heterocycles. The molecule has 0 aliphatic rings. The number of halogens is 1. The Morgan fingerprint density at radius 1 is 1.16 bits per heavy atom. The van der Waals surface area contributed by atoms with Gasteiger partial charge < -0.3 is 9.52 Å². The highest BCUT2D eigenvalue weighted by Crippen LogP contribution is 2.20. The average molecular weight is 324 g/mol. The van der Waals surface area contributed by atoms with E-state index < -0.39 is 18.4 Å². The summed E-state index contributed by atoms with van der Waals surface area (Å²) in [7, 11) is 0. The van der Waals surface area contributed by atoms with Crippen LogP contribution in [-0.2, 0) is 4.79 Å². The minimum Gasteiger partial charge on any atom is -0.480 e. The molecule has 2 rings (SSSR count). The third-order valence-electron chi connectivity index (χ3n) is 2.39. The van der Waals surface area contributed by atoms with E-state index in [9.17, 15) is 9.59 Å². The fraction of sp³-hybridized carbons (Fsp3) is 0.0769. The molecule has 1 aromatic carbocycles. The summed E-state index contributed by atoms with van der Waals surface area (Å²) in [5.74, 6) is -1.51. The predicted molar refractivity (Wildman–Crippen MR) is 72.2 cm³/mol. The molecule has 6 heteroatoms. The summed E-state index contributed by atoms with van der Waals surface area (Å²) in [4.78, 5) is 24.3. The van der Waals surface area contributed by atoms with Gasteiger partial charge in [0, 0.05) is 5.69 Å². The zero-order valence-corrected chi connectivity index (χ0v) is 11.3. The molecule has 5 nitrogen and oxygen atoms in total. The van der Waals surface area contributed by atoms with E-state index in [4.69, 9.17) is 9.52 Å². The zero-order chi connectivity index (χ0) is 13.8.